The number of halogens is 6. The van der Waals surface area contributed by atoms with E-state index in [0.717, 1.165) is 49.7 Å². The Morgan fingerprint density at radius 3 is 2.21 bits per heavy atom. The van der Waals surface area contributed by atoms with Crippen molar-refractivity contribution in [3.8, 4) is 11.5 Å². The first-order valence-corrected chi connectivity index (χ1v) is 13.1. The van der Waals surface area contributed by atoms with Crippen LogP contribution in [0.15, 0.2) is 36.4 Å². The molecular weight excluding hydrogens is 548 g/mol. The van der Waals surface area contributed by atoms with Gasteiger partial charge in [0.25, 0.3) is 0 Å². The SMILES string of the molecule is COc1ccc(C23CCC(SNC(=O)Nc4cc(C(F)(F)F)cc(C(F)(F)F)c4)CC2N(C)CC3)cc1OC. The Kier molecular flexibility index (Phi) is 8.23. The van der Waals surface area contributed by atoms with Gasteiger partial charge >= 0.3 is 18.4 Å². The second kappa shape index (κ2) is 11.0. The zero-order chi connectivity index (χ0) is 28.6. The molecule has 2 aromatic rings. The number of hydrogen-bond donors (Lipinski definition) is 2. The van der Waals surface area contributed by atoms with E-state index >= 15 is 0 Å². The number of likely N-dealkylation sites (N-methyl/N-ethyl adjacent to an activating group) is 1. The van der Waals surface area contributed by atoms with Crippen molar-refractivity contribution < 1.29 is 40.6 Å². The highest BCUT2D eigenvalue weighted by Crippen LogP contribution is 2.51. The van der Waals surface area contributed by atoms with Crippen molar-refractivity contribution in [1.82, 2.24) is 9.62 Å². The number of likely N-dealkylation sites (tertiary alicyclic amines) is 1. The lowest BCUT2D eigenvalue weighted by molar-refractivity contribution is -0.143. The predicted octanol–water partition coefficient (Wildman–Crippen LogP) is 6.71. The third-order valence-corrected chi connectivity index (χ3v) is 8.67. The summed E-state index contributed by atoms with van der Waals surface area (Å²) < 4.78 is 92.1. The Morgan fingerprint density at radius 2 is 1.62 bits per heavy atom. The summed E-state index contributed by atoms with van der Waals surface area (Å²) in [4.78, 5) is 14.7. The molecule has 1 saturated carbocycles. The van der Waals surface area contributed by atoms with Crippen LogP contribution in [-0.4, -0.2) is 50.0 Å². The van der Waals surface area contributed by atoms with Crippen LogP contribution >= 0.6 is 11.9 Å². The van der Waals surface area contributed by atoms with E-state index in [-0.39, 0.29) is 22.8 Å². The Labute approximate surface area is 226 Å². The van der Waals surface area contributed by atoms with Gasteiger partial charge in [-0.1, -0.05) is 6.07 Å². The fraction of sp³-hybridized carbons (Fsp3) is 0.500. The van der Waals surface area contributed by atoms with E-state index in [1.165, 1.54) is 0 Å². The van der Waals surface area contributed by atoms with Gasteiger partial charge in [-0.3, -0.25) is 4.72 Å². The maximum atomic E-state index is 13.1. The lowest BCUT2D eigenvalue weighted by atomic mass is 9.66. The zero-order valence-corrected chi connectivity index (χ0v) is 22.3. The number of nitrogens with zero attached hydrogens (tertiary/aromatic N) is 1. The van der Waals surface area contributed by atoms with E-state index in [1.54, 1.807) is 14.2 Å². The molecule has 0 bridgehead atoms. The average Bonchev–Trinajstić information content (AvgIpc) is 3.22. The van der Waals surface area contributed by atoms with Gasteiger partial charge in [-0.15, -0.1) is 0 Å². The summed E-state index contributed by atoms with van der Waals surface area (Å²) in [5.41, 5.74) is -2.55. The van der Waals surface area contributed by atoms with E-state index in [0.29, 0.717) is 23.6 Å². The highest BCUT2D eigenvalue weighted by molar-refractivity contribution is 7.98. The lowest BCUT2D eigenvalue weighted by Crippen LogP contribution is -2.47. The van der Waals surface area contributed by atoms with Gasteiger partial charge in [-0.05, 0) is 87.1 Å². The molecule has 1 saturated heterocycles. The first kappa shape index (κ1) is 29.2. The van der Waals surface area contributed by atoms with Gasteiger partial charge in [0.15, 0.2) is 11.5 Å². The molecule has 0 aromatic heterocycles. The van der Waals surface area contributed by atoms with Crippen LogP contribution in [0.3, 0.4) is 0 Å². The molecule has 0 radical (unpaired) electrons. The van der Waals surface area contributed by atoms with Crippen molar-refractivity contribution in [2.24, 2.45) is 0 Å². The lowest BCUT2D eigenvalue weighted by Gasteiger charge is -2.44. The molecule has 2 N–H and O–H groups in total. The second-order valence-electron chi connectivity index (χ2n) is 9.84. The maximum Gasteiger partial charge on any atom is 0.416 e. The van der Waals surface area contributed by atoms with Crippen LogP contribution in [0.4, 0.5) is 36.8 Å². The number of anilines is 1. The number of benzene rings is 2. The maximum absolute atomic E-state index is 13.1. The van der Waals surface area contributed by atoms with Crippen molar-refractivity contribution in [1.29, 1.82) is 0 Å². The number of alkyl halides is 6. The number of methoxy groups -OCH3 is 2. The molecule has 6 nitrogen and oxygen atoms in total. The molecule has 39 heavy (non-hydrogen) atoms. The Morgan fingerprint density at radius 1 is 0.974 bits per heavy atom. The van der Waals surface area contributed by atoms with Crippen LogP contribution < -0.4 is 19.5 Å². The largest absolute Gasteiger partial charge is 0.493 e. The average molecular weight is 578 g/mol. The third-order valence-electron chi connectivity index (χ3n) is 7.60. The number of ether oxygens (including phenoxy) is 2. The molecule has 214 valence electrons. The van der Waals surface area contributed by atoms with E-state index in [9.17, 15) is 31.1 Å². The van der Waals surface area contributed by atoms with E-state index in [2.05, 4.69) is 21.0 Å². The molecule has 1 aliphatic carbocycles. The summed E-state index contributed by atoms with van der Waals surface area (Å²) in [7, 11) is 5.22. The van der Waals surface area contributed by atoms with Crippen molar-refractivity contribution in [2.45, 2.75) is 54.7 Å². The molecule has 2 amide bonds. The molecule has 3 atom stereocenters. The number of rotatable bonds is 6. The fourth-order valence-corrected chi connectivity index (χ4v) is 6.50. The highest BCUT2D eigenvalue weighted by atomic mass is 32.2. The summed E-state index contributed by atoms with van der Waals surface area (Å²) in [6.07, 6.45) is -6.73. The quantitative estimate of drug-likeness (QED) is 0.295. The number of carbonyl (C=O) groups is 1. The molecule has 2 fully saturated rings. The van der Waals surface area contributed by atoms with Crippen LogP contribution in [0.5, 0.6) is 11.5 Å². The zero-order valence-electron chi connectivity index (χ0n) is 21.5. The summed E-state index contributed by atoms with van der Waals surface area (Å²) in [6.45, 7) is 0.890. The molecule has 1 aliphatic heterocycles. The van der Waals surface area contributed by atoms with Gasteiger partial charge in [0.05, 0.1) is 25.3 Å². The molecule has 3 unspecified atom stereocenters. The van der Waals surface area contributed by atoms with Gasteiger partial charge in [0, 0.05) is 22.4 Å². The molecule has 2 aromatic carbocycles. The minimum atomic E-state index is -5.00. The van der Waals surface area contributed by atoms with E-state index in [1.807, 2.05) is 19.2 Å². The van der Waals surface area contributed by atoms with Crippen molar-refractivity contribution in [3.05, 3.63) is 53.1 Å². The normalized spacial score (nSPS) is 23.7. The summed E-state index contributed by atoms with van der Waals surface area (Å²) in [5.74, 6) is 1.29. The van der Waals surface area contributed by atoms with Crippen LogP contribution in [0.1, 0.15) is 42.4 Å². The molecule has 13 heteroatoms. The molecule has 1 heterocycles. The fourth-order valence-electron chi connectivity index (χ4n) is 5.66. The number of amides is 2. The summed E-state index contributed by atoms with van der Waals surface area (Å²) in [5, 5.41) is 2.11. The summed E-state index contributed by atoms with van der Waals surface area (Å²) in [6, 6.07) is 6.20. The van der Waals surface area contributed by atoms with E-state index < -0.39 is 35.2 Å². The Balaban J connectivity index is 1.43. The molecule has 0 spiro atoms. The first-order valence-electron chi connectivity index (χ1n) is 12.2. The Bertz CT molecular complexity index is 1180. The van der Waals surface area contributed by atoms with E-state index in [4.69, 9.17) is 9.47 Å². The van der Waals surface area contributed by atoms with Crippen LogP contribution in [0.2, 0.25) is 0 Å². The van der Waals surface area contributed by atoms with Gasteiger partial charge in [-0.25, -0.2) is 4.79 Å². The smallest absolute Gasteiger partial charge is 0.416 e. The third kappa shape index (κ3) is 6.19. The number of fused-ring (bicyclic) bond motifs is 1. The molecule has 4 rings (SSSR count). The predicted molar refractivity (Wildman–Crippen MR) is 136 cm³/mol. The number of nitrogens with one attached hydrogen (secondary N) is 2. The molecular formula is C26H29F6N3O3S. The van der Waals surface area contributed by atoms with Gasteiger partial charge in [0.1, 0.15) is 0 Å². The monoisotopic (exact) mass is 577 g/mol. The summed E-state index contributed by atoms with van der Waals surface area (Å²) >= 11 is 1.12. The van der Waals surface area contributed by atoms with Gasteiger partial charge in [-0.2, -0.15) is 26.3 Å². The number of carbonyl (C=O) groups excluding carboxylic acids is 1. The van der Waals surface area contributed by atoms with Crippen molar-refractivity contribution in [2.75, 3.05) is 33.1 Å². The number of hydrogen-bond acceptors (Lipinski definition) is 5. The minimum Gasteiger partial charge on any atom is -0.493 e. The topological polar surface area (TPSA) is 62.8 Å². The van der Waals surface area contributed by atoms with Crippen LogP contribution in [-0.2, 0) is 17.8 Å². The number of urea groups is 1. The van der Waals surface area contributed by atoms with Crippen molar-refractivity contribution >= 4 is 23.7 Å². The Hall–Kier alpha value is -2.80. The standard InChI is InChI=1S/C26H29F6N3O3S/c1-35-9-8-24(15-4-5-20(37-2)21(13-15)38-3)7-6-19(14-22(24)35)39-34-23(36)33-18-11-16(25(27,28)29)10-17(12-18)26(30,31)32/h4-5,10-13,19,22H,6-9,14H2,1-3H3,(H2,33,34,36). The van der Waals surface area contributed by atoms with Crippen molar-refractivity contribution in [3.63, 3.8) is 0 Å². The van der Waals surface area contributed by atoms with Crippen LogP contribution in [0.25, 0.3) is 0 Å². The first-order chi connectivity index (χ1) is 18.3. The molecule has 2 aliphatic rings. The second-order valence-corrected chi connectivity index (χ2v) is 10.9. The van der Waals surface area contributed by atoms with Gasteiger partial charge < -0.3 is 19.7 Å². The van der Waals surface area contributed by atoms with Gasteiger partial charge in [0.2, 0.25) is 0 Å². The van der Waals surface area contributed by atoms with Crippen LogP contribution in [0, 0.1) is 0 Å². The highest BCUT2D eigenvalue weighted by Gasteiger charge is 2.50. The minimum absolute atomic E-state index is 0.00168.